The highest BCUT2D eigenvalue weighted by Crippen LogP contribution is 2.37. The number of amides is 1. The summed E-state index contributed by atoms with van der Waals surface area (Å²) in [5.74, 6) is -0.941. The van der Waals surface area contributed by atoms with Crippen LogP contribution in [0.4, 0.5) is 15.1 Å². The fraction of sp³-hybridized carbons (Fsp3) is 0.435. The van der Waals surface area contributed by atoms with Gasteiger partial charge < -0.3 is 19.9 Å². The first kappa shape index (κ1) is 24.1. The summed E-state index contributed by atoms with van der Waals surface area (Å²) < 4.78 is 18.7. The molecule has 1 aliphatic rings. The zero-order valence-corrected chi connectivity index (χ0v) is 20.6. The van der Waals surface area contributed by atoms with E-state index in [4.69, 9.17) is 17.0 Å². The molecule has 2 heterocycles. The van der Waals surface area contributed by atoms with Gasteiger partial charge in [-0.15, -0.1) is 11.3 Å². The number of anilines is 2. The molecule has 0 saturated carbocycles. The van der Waals surface area contributed by atoms with E-state index in [0.29, 0.717) is 39.2 Å². The van der Waals surface area contributed by atoms with Crippen LogP contribution in [0.1, 0.15) is 58.3 Å². The smallest absolute Gasteiger partial charge is 0.341 e. The highest BCUT2D eigenvalue weighted by atomic mass is 32.1. The van der Waals surface area contributed by atoms with Crippen molar-refractivity contribution in [3.63, 3.8) is 0 Å². The molecule has 0 spiro atoms. The van der Waals surface area contributed by atoms with Gasteiger partial charge in [0.2, 0.25) is 0 Å². The van der Waals surface area contributed by atoms with E-state index < -0.39 is 5.97 Å². The Morgan fingerprint density at radius 3 is 2.66 bits per heavy atom. The predicted molar refractivity (Wildman–Crippen MR) is 131 cm³/mol. The monoisotopic (exact) mass is 477 g/mol. The van der Waals surface area contributed by atoms with Gasteiger partial charge in [0.15, 0.2) is 5.11 Å². The van der Waals surface area contributed by atoms with Crippen LogP contribution >= 0.6 is 23.6 Å². The molecular formula is C23H28FN3O3S2. The first-order chi connectivity index (χ1) is 15.2. The number of aryl methyl sites for hydroxylation is 1. The van der Waals surface area contributed by atoms with Gasteiger partial charge in [-0.25, -0.2) is 9.18 Å². The van der Waals surface area contributed by atoms with Crippen LogP contribution in [0.2, 0.25) is 0 Å². The van der Waals surface area contributed by atoms with E-state index in [-0.39, 0.29) is 17.8 Å². The quantitative estimate of drug-likeness (QED) is 0.483. The summed E-state index contributed by atoms with van der Waals surface area (Å²) in [4.78, 5) is 29.7. The molecule has 1 aliphatic heterocycles. The molecule has 1 amide bonds. The number of thiophene rings is 1. The fourth-order valence-corrected chi connectivity index (χ4v) is 5.60. The van der Waals surface area contributed by atoms with Crippen molar-refractivity contribution in [1.82, 2.24) is 4.90 Å². The third-order valence-corrected chi connectivity index (χ3v) is 7.29. The van der Waals surface area contributed by atoms with Crippen molar-refractivity contribution in [2.24, 2.45) is 0 Å². The number of rotatable bonds is 5. The molecule has 6 nitrogen and oxygen atoms in total. The Bertz CT molecular complexity index is 1050. The molecule has 0 radical (unpaired) electrons. The number of fused-ring (bicyclic) bond motifs is 1. The van der Waals surface area contributed by atoms with Crippen LogP contribution in [0.3, 0.4) is 0 Å². The lowest BCUT2D eigenvalue weighted by Gasteiger charge is -2.37. The number of ether oxygens (including phenoxy) is 1. The molecule has 172 valence electrons. The second kappa shape index (κ2) is 9.95. The predicted octanol–water partition coefficient (Wildman–Crippen LogP) is 5.00. The van der Waals surface area contributed by atoms with Gasteiger partial charge in [-0.2, -0.15) is 0 Å². The molecule has 0 bridgehead atoms. The minimum Gasteiger partial charge on any atom is -0.465 e. The molecule has 1 unspecified atom stereocenters. The molecular weight excluding hydrogens is 449 g/mol. The molecule has 1 aromatic heterocycles. The Morgan fingerprint density at radius 1 is 1.34 bits per heavy atom. The van der Waals surface area contributed by atoms with E-state index in [1.54, 1.807) is 17.9 Å². The molecule has 0 fully saturated rings. The summed E-state index contributed by atoms with van der Waals surface area (Å²) in [5, 5.41) is 4.04. The molecule has 1 atom stereocenters. The number of carbonyl (C=O) groups excluding carboxylic acids is 2. The van der Waals surface area contributed by atoms with Crippen LogP contribution in [0.15, 0.2) is 18.2 Å². The van der Waals surface area contributed by atoms with E-state index in [2.05, 4.69) is 12.2 Å². The summed E-state index contributed by atoms with van der Waals surface area (Å²) in [5.41, 5.74) is 2.60. The van der Waals surface area contributed by atoms with E-state index >= 15 is 0 Å². The minimum atomic E-state index is -0.531. The Hall–Kier alpha value is -2.52. The van der Waals surface area contributed by atoms with Gasteiger partial charge in [0, 0.05) is 24.8 Å². The van der Waals surface area contributed by atoms with E-state index in [1.807, 2.05) is 18.7 Å². The highest BCUT2D eigenvalue weighted by molar-refractivity contribution is 7.80. The van der Waals surface area contributed by atoms with Crippen molar-refractivity contribution in [1.29, 1.82) is 0 Å². The number of halogens is 1. The van der Waals surface area contributed by atoms with Crippen molar-refractivity contribution in [2.45, 2.75) is 46.6 Å². The Morgan fingerprint density at radius 2 is 2.03 bits per heavy atom. The van der Waals surface area contributed by atoms with E-state index in [1.165, 1.54) is 30.6 Å². The molecule has 9 heteroatoms. The second-order valence-electron chi connectivity index (χ2n) is 7.69. The molecule has 32 heavy (non-hydrogen) atoms. The Kier molecular flexibility index (Phi) is 7.51. The van der Waals surface area contributed by atoms with Crippen LogP contribution in [0.25, 0.3) is 0 Å². The lowest BCUT2D eigenvalue weighted by Crippen LogP contribution is -2.44. The lowest BCUT2D eigenvalue weighted by atomic mass is 9.97. The van der Waals surface area contributed by atoms with Crippen molar-refractivity contribution in [2.75, 3.05) is 30.4 Å². The average Bonchev–Trinajstić information content (AvgIpc) is 3.09. The van der Waals surface area contributed by atoms with Crippen molar-refractivity contribution >= 4 is 51.2 Å². The van der Waals surface area contributed by atoms with Gasteiger partial charge in [0.05, 0.1) is 17.6 Å². The lowest BCUT2D eigenvalue weighted by molar-refractivity contribution is 0.0601. The molecule has 0 aliphatic carbocycles. The maximum absolute atomic E-state index is 13.7. The number of nitrogens with one attached hydrogen (secondary N) is 1. The molecule has 2 aromatic rings. The summed E-state index contributed by atoms with van der Waals surface area (Å²) in [7, 11) is 1.31. The minimum absolute atomic E-state index is 0.0902. The maximum atomic E-state index is 13.7. The number of nitrogens with zero attached hydrogens (tertiary/aromatic N) is 2. The van der Waals surface area contributed by atoms with Gasteiger partial charge in [-0.3, -0.25) is 4.79 Å². The van der Waals surface area contributed by atoms with Gasteiger partial charge >= 0.3 is 5.97 Å². The normalized spacial score (nSPS) is 15.2. The van der Waals surface area contributed by atoms with Crippen LogP contribution in [-0.2, 0) is 11.2 Å². The van der Waals surface area contributed by atoms with Crippen molar-refractivity contribution in [3.8, 4) is 0 Å². The summed E-state index contributed by atoms with van der Waals surface area (Å²) in [6, 6.07) is 4.77. The summed E-state index contributed by atoms with van der Waals surface area (Å²) >= 11 is 6.92. The number of thiocarbonyl (C=S) groups is 1. The Labute approximate surface area is 197 Å². The molecule has 3 rings (SSSR count). The topological polar surface area (TPSA) is 61.9 Å². The standard InChI is InChI=1S/C23H28FN3O3S2/c1-6-26(7-2)21(28)19-14(4)18(22(29)30-5)20(32-19)25-23(31)27-13(3)8-9-15-12-16(24)10-11-17(15)27/h10-13H,6-9H2,1-5H3,(H,25,31). The molecule has 1 N–H and O–H groups in total. The van der Waals surface area contributed by atoms with Crippen molar-refractivity contribution in [3.05, 3.63) is 45.6 Å². The van der Waals surface area contributed by atoms with Gasteiger partial charge in [-0.05, 0) is 82.1 Å². The average molecular weight is 478 g/mol. The third-order valence-electron chi connectivity index (χ3n) is 5.79. The van der Waals surface area contributed by atoms with Crippen LogP contribution < -0.4 is 10.2 Å². The number of hydrogen-bond donors (Lipinski definition) is 1. The summed E-state index contributed by atoms with van der Waals surface area (Å²) in [6.07, 6.45) is 1.58. The summed E-state index contributed by atoms with van der Waals surface area (Å²) in [6.45, 7) is 8.77. The van der Waals surface area contributed by atoms with Gasteiger partial charge in [-0.1, -0.05) is 0 Å². The van der Waals surface area contributed by atoms with Crippen LogP contribution in [0.5, 0.6) is 0 Å². The number of esters is 1. The SMILES string of the molecule is CCN(CC)C(=O)c1sc(NC(=S)N2c3ccc(F)cc3CCC2C)c(C(=O)OC)c1C. The first-order valence-electron chi connectivity index (χ1n) is 10.6. The van der Waals surface area contributed by atoms with Crippen LogP contribution in [0, 0.1) is 12.7 Å². The third kappa shape index (κ3) is 4.49. The maximum Gasteiger partial charge on any atom is 0.341 e. The number of hydrogen-bond acceptors (Lipinski definition) is 5. The number of methoxy groups -OCH3 is 1. The zero-order chi connectivity index (χ0) is 23.6. The number of carbonyl (C=O) groups is 2. The van der Waals surface area contributed by atoms with Gasteiger partial charge in [0.25, 0.3) is 5.91 Å². The highest BCUT2D eigenvalue weighted by Gasteiger charge is 2.31. The van der Waals surface area contributed by atoms with E-state index in [0.717, 1.165) is 24.1 Å². The van der Waals surface area contributed by atoms with E-state index in [9.17, 15) is 14.0 Å². The first-order valence-corrected chi connectivity index (χ1v) is 11.8. The molecule has 0 saturated heterocycles. The Balaban J connectivity index is 2.00. The molecule has 1 aromatic carbocycles. The van der Waals surface area contributed by atoms with Gasteiger partial charge in [0.1, 0.15) is 10.8 Å². The fourth-order valence-electron chi connectivity index (χ4n) is 3.99. The van der Waals surface area contributed by atoms with Crippen molar-refractivity contribution < 1.29 is 18.7 Å². The number of benzene rings is 1. The largest absolute Gasteiger partial charge is 0.465 e. The zero-order valence-electron chi connectivity index (χ0n) is 19.0. The van der Waals surface area contributed by atoms with Crippen LogP contribution in [-0.4, -0.2) is 48.1 Å². The second-order valence-corrected chi connectivity index (χ2v) is 9.10.